The predicted molar refractivity (Wildman–Crippen MR) is 72.1 cm³/mol. The van der Waals surface area contributed by atoms with Crippen LogP contribution in [-0.2, 0) is 4.74 Å². The highest BCUT2D eigenvalue weighted by molar-refractivity contribution is 6.30. The van der Waals surface area contributed by atoms with Crippen LogP contribution in [0.2, 0.25) is 5.02 Å². The monoisotopic (exact) mass is 254 g/mol. The minimum absolute atomic E-state index is 0.257. The molecule has 1 aromatic carbocycles. The Morgan fingerprint density at radius 2 is 2.35 bits per heavy atom. The SMILES string of the molecule is CNCC1CN(c2cc(Cl)ccc2C)CCO1. The Hall–Kier alpha value is -0.770. The van der Waals surface area contributed by atoms with Crippen molar-refractivity contribution >= 4 is 17.3 Å². The zero-order chi connectivity index (χ0) is 12.3. The summed E-state index contributed by atoms with van der Waals surface area (Å²) in [5, 5.41) is 3.95. The molecule has 94 valence electrons. The largest absolute Gasteiger partial charge is 0.373 e. The van der Waals surface area contributed by atoms with Gasteiger partial charge in [0.2, 0.25) is 0 Å². The average molecular weight is 255 g/mol. The highest BCUT2D eigenvalue weighted by Gasteiger charge is 2.21. The number of likely N-dealkylation sites (N-methyl/N-ethyl adjacent to an activating group) is 1. The summed E-state index contributed by atoms with van der Waals surface area (Å²) in [5.74, 6) is 0. The van der Waals surface area contributed by atoms with E-state index in [4.69, 9.17) is 16.3 Å². The molecule has 1 N–H and O–H groups in total. The van der Waals surface area contributed by atoms with E-state index in [2.05, 4.69) is 23.2 Å². The van der Waals surface area contributed by atoms with Gasteiger partial charge in [0.1, 0.15) is 0 Å². The Kier molecular flexibility index (Phi) is 4.26. The molecule has 1 aliphatic heterocycles. The summed E-state index contributed by atoms with van der Waals surface area (Å²) >= 11 is 6.06. The zero-order valence-corrected chi connectivity index (χ0v) is 11.1. The third kappa shape index (κ3) is 3.12. The smallest absolute Gasteiger partial charge is 0.0874 e. The van der Waals surface area contributed by atoms with Gasteiger partial charge in [-0.15, -0.1) is 0 Å². The lowest BCUT2D eigenvalue weighted by Crippen LogP contribution is -2.46. The van der Waals surface area contributed by atoms with Crippen LogP contribution in [0.25, 0.3) is 0 Å². The van der Waals surface area contributed by atoms with E-state index in [0.29, 0.717) is 0 Å². The van der Waals surface area contributed by atoms with Gasteiger partial charge in [0.05, 0.1) is 12.7 Å². The number of hydrogen-bond donors (Lipinski definition) is 1. The van der Waals surface area contributed by atoms with Gasteiger partial charge in [0.15, 0.2) is 0 Å². The zero-order valence-electron chi connectivity index (χ0n) is 10.4. The van der Waals surface area contributed by atoms with Gasteiger partial charge in [-0.1, -0.05) is 17.7 Å². The Balaban J connectivity index is 2.13. The minimum atomic E-state index is 0.257. The molecule has 0 aromatic heterocycles. The standard InChI is InChI=1S/C13H19ClN2O/c1-10-3-4-11(14)7-13(10)16-5-6-17-12(9-16)8-15-2/h3-4,7,12,15H,5-6,8-9H2,1-2H3. The Labute approximate surface area is 108 Å². The maximum absolute atomic E-state index is 6.06. The second-order valence-corrected chi connectivity index (χ2v) is 4.86. The third-order valence-electron chi connectivity index (χ3n) is 3.08. The average Bonchev–Trinajstić information content (AvgIpc) is 2.33. The molecular formula is C13H19ClN2O. The van der Waals surface area contributed by atoms with E-state index >= 15 is 0 Å². The van der Waals surface area contributed by atoms with Crippen LogP contribution >= 0.6 is 11.6 Å². The van der Waals surface area contributed by atoms with Gasteiger partial charge >= 0.3 is 0 Å². The number of benzene rings is 1. The van der Waals surface area contributed by atoms with E-state index in [9.17, 15) is 0 Å². The maximum atomic E-state index is 6.06. The number of rotatable bonds is 3. The molecule has 17 heavy (non-hydrogen) atoms. The Morgan fingerprint density at radius 3 is 3.12 bits per heavy atom. The van der Waals surface area contributed by atoms with Crippen molar-refractivity contribution in [3.8, 4) is 0 Å². The summed E-state index contributed by atoms with van der Waals surface area (Å²) in [6, 6.07) is 6.05. The maximum Gasteiger partial charge on any atom is 0.0874 e. The van der Waals surface area contributed by atoms with Crippen LogP contribution in [0.4, 0.5) is 5.69 Å². The molecule has 0 spiro atoms. The second-order valence-electron chi connectivity index (χ2n) is 4.43. The van der Waals surface area contributed by atoms with Gasteiger partial charge in [-0.05, 0) is 31.7 Å². The van der Waals surface area contributed by atoms with E-state index in [1.807, 2.05) is 19.2 Å². The summed E-state index contributed by atoms with van der Waals surface area (Å²) in [5.41, 5.74) is 2.49. The first-order valence-electron chi connectivity index (χ1n) is 5.98. The van der Waals surface area contributed by atoms with E-state index in [0.717, 1.165) is 31.3 Å². The molecule has 2 rings (SSSR count). The van der Waals surface area contributed by atoms with Crippen LogP contribution in [0.3, 0.4) is 0 Å². The van der Waals surface area contributed by atoms with Crippen molar-refractivity contribution in [3.05, 3.63) is 28.8 Å². The highest BCUT2D eigenvalue weighted by Crippen LogP contribution is 2.25. The second kappa shape index (κ2) is 5.71. The number of nitrogens with zero attached hydrogens (tertiary/aromatic N) is 1. The number of aryl methyl sites for hydroxylation is 1. The first kappa shape index (κ1) is 12.7. The van der Waals surface area contributed by atoms with Crippen molar-refractivity contribution in [2.45, 2.75) is 13.0 Å². The summed E-state index contributed by atoms with van der Waals surface area (Å²) < 4.78 is 5.70. The van der Waals surface area contributed by atoms with Gasteiger partial charge in [-0.25, -0.2) is 0 Å². The van der Waals surface area contributed by atoms with Crippen molar-refractivity contribution < 1.29 is 4.74 Å². The highest BCUT2D eigenvalue weighted by atomic mass is 35.5. The van der Waals surface area contributed by atoms with Gasteiger partial charge in [-0.2, -0.15) is 0 Å². The quantitative estimate of drug-likeness (QED) is 0.894. The lowest BCUT2D eigenvalue weighted by Gasteiger charge is -2.35. The fourth-order valence-electron chi connectivity index (χ4n) is 2.21. The van der Waals surface area contributed by atoms with Crippen LogP contribution in [0.1, 0.15) is 5.56 Å². The summed E-state index contributed by atoms with van der Waals surface area (Å²) in [6.07, 6.45) is 0.257. The van der Waals surface area contributed by atoms with E-state index in [1.165, 1.54) is 11.3 Å². The van der Waals surface area contributed by atoms with Gasteiger partial charge in [0, 0.05) is 30.3 Å². The molecular weight excluding hydrogens is 236 g/mol. The van der Waals surface area contributed by atoms with Gasteiger partial charge in [0.25, 0.3) is 0 Å². The number of morpholine rings is 1. The van der Waals surface area contributed by atoms with Crippen LogP contribution in [0, 0.1) is 6.92 Å². The van der Waals surface area contributed by atoms with Crippen molar-refractivity contribution in [1.29, 1.82) is 0 Å². The molecule has 1 atom stereocenters. The number of halogens is 1. The Morgan fingerprint density at radius 1 is 1.53 bits per heavy atom. The molecule has 3 nitrogen and oxygen atoms in total. The summed E-state index contributed by atoms with van der Waals surface area (Å²) in [4.78, 5) is 2.35. The first-order valence-corrected chi connectivity index (χ1v) is 6.36. The van der Waals surface area contributed by atoms with Crippen LogP contribution in [-0.4, -0.2) is 39.4 Å². The molecule has 0 aliphatic carbocycles. The molecule has 0 saturated carbocycles. The molecule has 1 heterocycles. The van der Waals surface area contributed by atoms with Crippen LogP contribution < -0.4 is 10.2 Å². The summed E-state index contributed by atoms with van der Waals surface area (Å²) in [6.45, 7) is 5.63. The van der Waals surface area contributed by atoms with Crippen molar-refractivity contribution in [1.82, 2.24) is 5.32 Å². The predicted octanol–water partition coefficient (Wildman–Crippen LogP) is 2.07. The van der Waals surface area contributed by atoms with Gasteiger partial charge < -0.3 is 15.0 Å². The van der Waals surface area contributed by atoms with E-state index in [1.54, 1.807) is 0 Å². The van der Waals surface area contributed by atoms with Gasteiger partial charge in [-0.3, -0.25) is 0 Å². The number of hydrogen-bond acceptors (Lipinski definition) is 3. The number of ether oxygens (including phenoxy) is 1. The molecule has 1 saturated heterocycles. The molecule has 0 radical (unpaired) electrons. The molecule has 1 unspecified atom stereocenters. The molecule has 4 heteroatoms. The molecule has 0 bridgehead atoms. The lowest BCUT2D eigenvalue weighted by atomic mass is 10.1. The fourth-order valence-corrected chi connectivity index (χ4v) is 2.38. The summed E-state index contributed by atoms with van der Waals surface area (Å²) in [7, 11) is 1.95. The topological polar surface area (TPSA) is 24.5 Å². The lowest BCUT2D eigenvalue weighted by molar-refractivity contribution is 0.0421. The first-order chi connectivity index (χ1) is 8.20. The molecule has 1 aromatic rings. The fraction of sp³-hybridized carbons (Fsp3) is 0.538. The van der Waals surface area contributed by atoms with Crippen molar-refractivity contribution in [3.63, 3.8) is 0 Å². The number of nitrogens with one attached hydrogen (secondary N) is 1. The molecule has 1 aliphatic rings. The van der Waals surface area contributed by atoms with Crippen LogP contribution in [0.15, 0.2) is 18.2 Å². The van der Waals surface area contributed by atoms with Crippen LogP contribution in [0.5, 0.6) is 0 Å². The minimum Gasteiger partial charge on any atom is -0.373 e. The van der Waals surface area contributed by atoms with Crippen molar-refractivity contribution in [2.75, 3.05) is 38.2 Å². The number of anilines is 1. The third-order valence-corrected chi connectivity index (χ3v) is 3.32. The Bertz CT molecular complexity index is 382. The molecule has 0 amide bonds. The van der Waals surface area contributed by atoms with E-state index in [-0.39, 0.29) is 6.10 Å². The van der Waals surface area contributed by atoms with Crippen molar-refractivity contribution in [2.24, 2.45) is 0 Å². The molecule has 1 fully saturated rings. The van der Waals surface area contributed by atoms with E-state index < -0.39 is 0 Å². The normalized spacial score (nSPS) is 20.6.